The third kappa shape index (κ3) is 2.76. The van der Waals surface area contributed by atoms with Crippen molar-refractivity contribution in [1.82, 2.24) is 0 Å². The van der Waals surface area contributed by atoms with E-state index >= 15 is 0 Å². The maximum Gasteiger partial charge on any atom is 0.312 e. The van der Waals surface area contributed by atoms with E-state index in [2.05, 4.69) is 6.07 Å². The number of rotatable bonds is 3. The Morgan fingerprint density at radius 3 is 2.67 bits per heavy atom. The molecule has 2 aromatic carbocycles. The van der Waals surface area contributed by atoms with Crippen molar-refractivity contribution in [2.75, 3.05) is 0 Å². The summed E-state index contributed by atoms with van der Waals surface area (Å²) in [5.74, 6) is 0.534. The number of benzene rings is 2. The normalized spacial score (nSPS) is 19.0. The molecule has 0 amide bonds. The smallest absolute Gasteiger partial charge is 0.312 e. The van der Waals surface area contributed by atoms with Crippen molar-refractivity contribution in [3.05, 3.63) is 70.3 Å². The maximum absolute atomic E-state index is 12.5. The Bertz CT molecular complexity index is 808. The van der Waals surface area contributed by atoms with Crippen LogP contribution in [0.15, 0.2) is 54.1 Å². The van der Waals surface area contributed by atoms with Crippen molar-refractivity contribution < 1.29 is 9.53 Å². The molecule has 0 aromatic heterocycles. The number of hydrogen-bond donors (Lipinski definition) is 0. The molecule has 0 radical (unpaired) electrons. The minimum absolute atomic E-state index is 0.116. The lowest BCUT2D eigenvalue weighted by Crippen LogP contribution is -2.14. The first-order valence-corrected chi connectivity index (χ1v) is 8.88. The lowest BCUT2D eigenvalue weighted by atomic mass is 9.86. The highest BCUT2D eigenvalue weighted by atomic mass is 35.5. The zero-order valence-electron chi connectivity index (χ0n) is 13.4. The van der Waals surface area contributed by atoms with Gasteiger partial charge in [0.15, 0.2) is 0 Å². The number of halogens is 1. The molecule has 2 aromatic rings. The first-order valence-electron chi connectivity index (χ1n) is 8.50. The molecule has 122 valence electrons. The molecule has 1 atom stereocenters. The summed E-state index contributed by atoms with van der Waals surface area (Å²) < 4.78 is 5.51. The minimum atomic E-state index is -0.184. The molecule has 0 saturated heterocycles. The van der Waals surface area contributed by atoms with Crippen LogP contribution in [0.4, 0.5) is 0 Å². The number of allylic oxidation sites excluding steroid dienone is 2. The highest BCUT2D eigenvalue weighted by molar-refractivity contribution is 6.32. The van der Waals surface area contributed by atoms with E-state index < -0.39 is 0 Å². The second-order valence-electron chi connectivity index (χ2n) is 6.46. The van der Waals surface area contributed by atoms with Gasteiger partial charge in [-0.1, -0.05) is 47.5 Å². The molecule has 0 saturated carbocycles. The zero-order valence-corrected chi connectivity index (χ0v) is 14.2. The Morgan fingerprint density at radius 2 is 1.83 bits per heavy atom. The van der Waals surface area contributed by atoms with Crippen molar-refractivity contribution in [1.29, 1.82) is 0 Å². The van der Waals surface area contributed by atoms with E-state index in [0.717, 1.165) is 17.9 Å². The largest absolute Gasteiger partial charge is 0.427 e. The van der Waals surface area contributed by atoms with Gasteiger partial charge in [-0.25, -0.2) is 0 Å². The van der Waals surface area contributed by atoms with Gasteiger partial charge in [-0.05, 0) is 55.0 Å². The fraction of sp³-hybridized carbons (Fsp3) is 0.286. The molecule has 0 N–H and O–H groups in total. The molecule has 0 spiro atoms. The van der Waals surface area contributed by atoms with Crippen LogP contribution in [0.5, 0.6) is 5.75 Å². The number of ether oxygens (including phenoxy) is 1. The van der Waals surface area contributed by atoms with Crippen LogP contribution in [0.2, 0.25) is 5.02 Å². The van der Waals surface area contributed by atoms with Crippen molar-refractivity contribution in [3.63, 3.8) is 0 Å². The number of carbonyl (C=O) groups is 1. The third-order valence-corrected chi connectivity index (χ3v) is 5.31. The molecule has 3 heteroatoms. The van der Waals surface area contributed by atoms with Gasteiger partial charge in [-0.15, -0.1) is 0 Å². The van der Waals surface area contributed by atoms with Gasteiger partial charge in [0.2, 0.25) is 0 Å². The summed E-state index contributed by atoms with van der Waals surface area (Å²) in [6.45, 7) is 0. The maximum atomic E-state index is 12.5. The average Bonchev–Trinajstić information content (AvgIpc) is 2.91. The fourth-order valence-electron chi connectivity index (χ4n) is 4.00. The summed E-state index contributed by atoms with van der Waals surface area (Å²) in [7, 11) is 0. The van der Waals surface area contributed by atoms with Gasteiger partial charge in [-0.3, -0.25) is 4.79 Å². The van der Waals surface area contributed by atoms with Crippen LogP contribution < -0.4 is 4.74 Å². The van der Waals surface area contributed by atoms with Crippen LogP contribution in [0, 0.1) is 0 Å². The molecule has 1 unspecified atom stereocenters. The molecule has 0 fully saturated rings. The van der Waals surface area contributed by atoms with Gasteiger partial charge in [0, 0.05) is 16.5 Å². The predicted octanol–water partition coefficient (Wildman–Crippen LogP) is 5.76. The summed E-state index contributed by atoms with van der Waals surface area (Å²) in [6, 6.07) is 15.3. The van der Waals surface area contributed by atoms with E-state index in [9.17, 15) is 4.79 Å². The lowest BCUT2D eigenvalue weighted by Gasteiger charge is -2.19. The van der Waals surface area contributed by atoms with E-state index in [1.165, 1.54) is 35.1 Å². The van der Waals surface area contributed by atoms with Crippen LogP contribution in [0.1, 0.15) is 49.1 Å². The Balaban J connectivity index is 1.62. The fourth-order valence-corrected chi connectivity index (χ4v) is 4.29. The number of para-hydroxylation sites is 1. The van der Waals surface area contributed by atoms with Gasteiger partial charge in [0.1, 0.15) is 5.75 Å². The van der Waals surface area contributed by atoms with E-state index in [1.807, 2.05) is 42.5 Å². The second-order valence-corrected chi connectivity index (χ2v) is 6.87. The average molecular weight is 339 g/mol. The van der Waals surface area contributed by atoms with Crippen molar-refractivity contribution in [2.45, 2.75) is 38.0 Å². The number of hydrogen-bond acceptors (Lipinski definition) is 2. The molecular formula is C21H19ClO2. The topological polar surface area (TPSA) is 26.3 Å². The molecule has 2 aliphatic rings. The molecule has 0 bridgehead atoms. The SMILES string of the molecule is O=C(CC1C2=C(CCCC2)c2c(Cl)cccc21)Oc1ccccc1. The van der Waals surface area contributed by atoms with Crippen LogP contribution in [-0.4, -0.2) is 5.97 Å². The number of carbonyl (C=O) groups excluding carboxylic acids is 1. The summed E-state index contributed by atoms with van der Waals surface area (Å²) >= 11 is 6.47. The van der Waals surface area contributed by atoms with E-state index in [4.69, 9.17) is 16.3 Å². The lowest BCUT2D eigenvalue weighted by molar-refractivity contribution is -0.134. The first-order chi connectivity index (χ1) is 11.7. The highest BCUT2D eigenvalue weighted by Crippen LogP contribution is 2.51. The molecule has 0 heterocycles. The molecule has 2 aliphatic carbocycles. The van der Waals surface area contributed by atoms with Crippen LogP contribution in [0.3, 0.4) is 0 Å². The summed E-state index contributed by atoms with van der Waals surface area (Å²) in [6.07, 6.45) is 4.89. The summed E-state index contributed by atoms with van der Waals surface area (Å²) in [4.78, 5) is 12.5. The standard InChI is InChI=1S/C21H19ClO2/c22-19-12-6-11-17-18(15-9-4-5-10-16(15)21(17)19)13-20(23)24-14-7-2-1-3-8-14/h1-3,6-8,11-12,18H,4-5,9-10,13H2. The monoisotopic (exact) mass is 338 g/mol. The molecule has 4 rings (SSSR count). The van der Waals surface area contributed by atoms with E-state index in [0.29, 0.717) is 12.2 Å². The van der Waals surface area contributed by atoms with Crippen LogP contribution in [0.25, 0.3) is 5.57 Å². The second kappa shape index (κ2) is 6.45. The van der Waals surface area contributed by atoms with Gasteiger partial charge in [0.05, 0.1) is 6.42 Å². The minimum Gasteiger partial charge on any atom is -0.427 e. The Labute approximate surface area is 147 Å². The van der Waals surface area contributed by atoms with Crippen LogP contribution in [-0.2, 0) is 4.79 Å². The van der Waals surface area contributed by atoms with Gasteiger partial charge >= 0.3 is 5.97 Å². The van der Waals surface area contributed by atoms with Gasteiger partial charge in [-0.2, -0.15) is 0 Å². The quantitative estimate of drug-likeness (QED) is 0.525. The van der Waals surface area contributed by atoms with E-state index in [-0.39, 0.29) is 11.9 Å². The number of fused-ring (bicyclic) bond motifs is 2. The number of esters is 1. The van der Waals surface area contributed by atoms with Crippen molar-refractivity contribution in [2.24, 2.45) is 0 Å². The molecule has 0 aliphatic heterocycles. The predicted molar refractivity (Wildman–Crippen MR) is 96.3 cm³/mol. The Hall–Kier alpha value is -2.06. The molecule has 24 heavy (non-hydrogen) atoms. The molecular weight excluding hydrogens is 320 g/mol. The highest BCUT2D eigenvalue weighted by Gasteiger charge is 2.35. The Kier molecular flexibility index (Phi) is 4.15. The Morgan fingerprint density at radius 1 is 1.04 bits per heavy atom. The third-order valence-electron chi connectivity index (χ3n) is 5.00. The van der Waals surface area contributed by atoms with Crippen molar-refractivity contribution in [3.8, 4) is 5.75 Å². The van der Waals surface area contributed by atoms with E-state index in [1.54, 1.807) is 0 Å². The molecule has 2 nitrogen and oxygen atoms in total. The van der Waals surface area contributed by atoms with Gasteiger partial charge in [0.25, 0.3) is 0 Å². The summed E-state index contributed by atoms with van der Waals surface area (Å²) in [5.41, 5.74) is 5.14. The van der Waals surface area contributed by atoms with Crippen molar-refractivity contribution >= 4 is 23.1 Å². The summed E-state index contributed by atoms with van der Waals surface area (Å²) in [5, 5.41) is 0.806. The van der Waals surface area contributed by atoms with Gasteiger partial charge < -0.3 is 4.74 Å². The van der Waals surface area contributed by atoms with Crippen LogP contribution >= 0.6 is 11.6 Å². The zero-order chi connectivity index (χ0) is 16.5. The first kappa shape index (κ1) is 15.5.